The Morgan fingerprint density at radius 1 is 1.04 bits per heavy atom. The smallest absolute Gasteiger partial charge is 0.168 e. The third kappa shape index (κ3) is 3.14. The van der Waals surface area contributed by atoms with Crippen LogP contribution in [-0.4, -0.2) is 24.3 Å². The van der Waals surface area contributed by atoms with Gasteiger partial charge in [-0.15, -0.1) is 0 Å². The van der Waals surface area contributed by atoms with Crippen LogP contribution in [0.4, 0.5) is 0 Å². The molecular formula is C19H16ClNO3. The molecule has 122 valence electrons. The Kier molecular flexibility index (Phi) is 4.58. The number of halogens is 1. The van der Waals surface area contributed by atoms with Gasteiger partial charge in [0.2, 0.25) is 0 Å². The highest BCUT2D eigenvalue weighted by molar-refractivity contribution is 6.31. The van der Waals surface area contributed by atoms with Crippen LogP contribution < -0.4 is 9.47 Å². The van der Waals surface area contributed by atoms with E-state index in [1.165, 1.54) is 0 Å². The highest BCUT2D eigenvalue weighted by Gasteiger charge is 2.10. The largest absolute Gasteiger partial charge is 0.506 e. The molecule has 0 bridgehead atoms. The monoisotopic (exact) mass is 341 g/mol. The topological polar surface area (TPSA) is 51.6 Å². The van der Waals surface area contributed by atoms with Gasteiger partial charge in [0.05, 0.1) is 19.9 Å². The van der Waals surface area contributed by atoms with E-state index in [9.17, 15) is 5.11 Å². The molecule has 0 spiro atoms. The lowest BCUT2D eigenvalue weighted by Crippen LogP contribution is -1.93. The summed E-state index contributed by atoms with van der Waals surface area (Å²) in [7, 11) is 3.14. The normalized spacial score (nSPS) is 11.1. The van der Waals surface area contributed by atoms with Gasteiger partial charge in [0, 0.05) is 22.0 Å². The van der Waals surface area contributed by atoms with E-state index in [4.69, 9.17) is 21.1 Å². The van der Waals surface area contributed by atoms with Crippen molar-refractivity contribution in [2.24, 2.45) is 0 Å². The molecule has 0 saturated carbocycles. The third-order valence-corrected chi connectivity index (χ3v) is 3.84. The minimum absolute atomic E-state index is 0.157. The molecule has 5 heteroatoms. The summed E-state index contributed by atoms with van der Waals surface area (Å²) in [5, 5.41) is 11.4. The van der Waals surface area contributed by atoms with Gasteiger partial charge in [-0.25, -0.2) is 4.98 Å². The van der Waals surface area contributed by atoms with Crippen molar-refractivity contribution in [2.45, 2.75) is 0 Å². The molecule has 3 rings (SSSR count). The fourth-order valence-electron chi connectivity index (χ4n) is 2.50. The summed E-state index contributed by atoms with van der Waals surface area (Å²) in [6.45, 7) is 0. The molecule has 2 aromatic carbocycles. The Balaban J connectivity index is 2.02. The minimum Gasteiger partial charge on any atom is -0.506 e. The number of aromatic hydroxyl groups is 1. The molecule has 0 atom stereocenters. The van der Waals surface area contributed by atoms with Crippen LogP contribution in [0.5, 0.6) is 17.2 Å². The number of rotatable bonds is 4. The summed E-state index contributed by atoms with van der Waals surface area (Å²) in [5.74, 6) is 1.32. The molecule has 0 radical (unpaired) electrons. The SMILES string of the molecule is COc1cc(Cl)cc(C=Cc2ccc3cccc(O)c3n2)c1OC. The molecule has 1 N–H and O–H groups in total. The predicted molar refractivity (Wildman–Crippen MR) is 96.9 cm³/mol. The average molecular weight is 342 g/mol. The van der Waals surface area contributed by atoms with Crippen molar-refractivity contribution in [2.75, 3.05) is 14.2 Å². The number of ether oxygens (including phenoxy) is 2. The number of fused-ring (bicyclic) bond motifs is 1. The summed E-state index contributed by atoms with van der Waals surface area (Å²) in [5.41, 5.74) is 2.06. The van der Waals surface area contributed by atoms with E-state index in [0.717, 1.165) is 10.9 Å². The van der Waals surface area contributed by atoms with Gasteiger partial charge in [0.25, 0.3) is 0 Å². The van der Waals surface area contributed by atoms with Gasteiger partial charge in [-0.3, -0.25) is 0 Å². The first-order chi connectivity index (χ1) is 11.6. The first-order valence-corrected chi connectivity index (χ1v) is 7.68. The van der Waals surface area contributed by atoms with Gasteiger partial charge in [-0.2, -0.15) is 0 Å². The van der Waals surface area contributed by atoms with Gasteiger partial charge >= 0.3 is 0 Å². The van der Waals surface area contributed by atoms with Crippen LogP contribution >= 0.6 is 11.6 Å². The van der Waals surface area contributed by atoms with E-state index < -0.39 is 0 Å². The third-order valence-electron chi connectivity index (χ3n) is 3.63. The summed E-state index contributed by atoms with van der Waals surface area (Å²) < 4.78 is 10.7. The molecule has 1 heterocycles. The molecular weight excluding hydrogens is 326 g/mol. The molecule has 0 fully saturated rings. The van der Waals surface area contributed by atoms with E-state index in [1.54, 1.807) is 38.5 Å². The van der Waals surface area contributed by atoms with E-state index in [-0.39, 0.29) is 5.75 Å². The van der Waals surface area contributed by atoms with Crippen molar-refractivity contribution in [3.63, 3.8) is 0 Å². The maximum atomic E-state index is 9.93. The second-order valence-corrected chi connectivity index (χ2v) is 5.59. The first-order valence-electron chi connectivity index (χ1n) is 7.30. The summed E-state index contributed by atoms with van der Waals surface area (Å²) in [6, 6.07) is 12.6. The summed E-state index contributed by atoms with van der Waals surface area (Å²) in [4.78, 5) is 4.47. The number of nitrogens with zero attached hydrogens (tertiary/aromatic N) is 1. The zero-order valence-corrected chi connectivity index (χ0v) is 14.0. The summed E-state index contributed by atoms with van der Waals surface area (Å²) in [6.07, 6.45) is 3.68. The molecule has 0 aliphatic carbocycles. The Bertz CT molecular complexity index is 922. The van der Waals surface area contributed by atoms with Crippen molar-refractivity contribution < 1.29 is 14.6 Å². The van der Waals surface area contributed by atoms with Crippen LogP contribution in [0.3, 0.4) is 0 Å². The van der Waals surface area contributed by atoms with Gasteiger partial charge in [-0.1, -0.05) is 29.8 Å². The van der Waals surface area contributed by atoms with Crippen LogP contribution in [0.2, 0.25) is 5.02 Å². The van der Waals surface area contributed by atoms with Crippen molar-refractivity contribution in [1.29, 1.82) is 0 Å². The highest BCUT2D eigenvalue weighted by atomic mass is 35.5. The molecule has 0 aliphatic heterocycles. The van der Waals surface area contributed by atoms with Crippen molar-refractivity contribution in [1.82, 2.24) is 4.98 Å². The highest BCUT2D eigenvalue weighted by Crippen LogP contribution is 2.35. The molecule has 4 nitrogen and oxygen atoms in total. The van der Waals surface area contributed by atoms with E-state index >= 15 is 0 Å². The lowest BCUT2D eigenvalue weighted by molar-refractivity contribution is 0.354. The van der Waals surface area contributed by atoms with Gasteiger partial charge in [0.1, 0.15) is 11.3 Å². The minimum atomic E-state index is 0.157. The molecule has 0 amide bonds. The Labute approximate surface area is 144 Å². The maximum absolute atomic E-state index is 9.93. The number of para-hydroxylation sites is 1. The van der Waals surface area contributed by atoms with Gasteiger partial charge in [0.15, 0.2) is 11.5 Å². The van der Waals surface area contributed by atoms with E-state index in [1.807, 2.05) is 30.4 Å². The van der Waals surface area contributed by atoms with Crippen molar-refractivity contribution in [3.8, 4) is 17.2 Å². The Morgan fingerprint density at radius 2 is 1.88 bits per heavy atom. The average Bonchev–Trinajstić information content (AvgIpc) is 2.59. The van der Waals surface area contributed by atoms with Crippen molar-refractivity contribution >= 4 is 34.7 Å². The zero-order valence-electron chi connectivity index (χ0n) is 13.3. The first kappa shape index (κ1) is 16.1. The number of aromatic nitrogens is 1. The molecule has 0 aliphatic rings. The molecule has 0 unspecified atom stereocenters. The number of phenols is 1. The zero-order chi connectivity index (χ0) is 17.1. The fourth-order valence-corrected chi connectivity index (χ4v) is 2.71. The van der Waals surface area contributed by atoms with Crippen LogP contribution in [0.15, 0.2) is 42.5 Å². The predicted octanol–water partition coefficient (Wildman–Crippen LogP) is 4.78. The van der Waals surface area contributed by atoms with E-state index in [0.29, 0.717) is 27.7 Å². The van der Waals surface area contributed by atoms with Crippen LogP contribution in [0.1, 0.15) is 11.3 Å². The number of hydrogen-bond acceptors (Lipinski definition) is 4. The second kappa shape index (κ2) is 6.81. The van der Waals surface area contributed by atoms with Crippen LogP contribution in [0, 0.1) is 0 Å². The maximum Gasteiger partial charge on any atom is 0.168 e. The Morgan fingerprint density at radius 3 is 2.62 bits per heavy atom. The van der Waals surface area contributed by atoms with Gasteiger partial charge in [-0.05, 0) is 30.4 Å². The Hall–Kier alpha value is -2.72. The van der Waals surface area contributed by atoms with Crippen LogP contribution in [0.25, 0.3) is 23.1 Å². The number of methoxy groups -OCH3 is 2. The summed E-state index contributed by atoms with van der Waals surface area (Å²) >= 11 is 6.12. The number of phenolic OH excluding ortho intramolecular Hbond substituents is 1. The molecule has 1 aromatic heterocycles. The van der Waals surface area contributed by atoms with Gasteiger partial charge < -0.3 is 14.6 Å². The molecule has 3 aromatic rings. The lowest BCUT2D eigenvalue weighted by Gasteiger charge is -2.11. The standard InChI is InChI=1S/C19H16ClNO3/c1-23-17-11-14(20)10-13(19(17)24-2)7-9-15-8-6-12-4-3-5-16(22)18(12)21-15/h3-11,22H,1-2H3. The van der Waals surface area contributed by atoms with Crippen LogP contribution in [-0.2, 0) is 0 Å². The number of benzene rings is 2. The quantitative estimate of drug-likeness (QED) is 0.741. The fraction of sp³-hybridized carbons (Fsp3) is 0.105. The lowest BCUT2D eigenvalue weighted by atomic mass is 10.1. The molecule has 24 heavy (non-hydrogen) atoms. The van der Waals surface area contributed by atoms with E-state index in [2.05, 4.69) is 4.98 Å². The second-order valence-electron chi connectivity index (χ2n) is 5.15. The molecule has 0 saturated heterocycles. The van der Waals surface area contributed by atoms with Crippen molar-refractivity contribution in [3.05, 3.63) is 58.7 Å². The number of hydrogen-bond donors (Lipinski definition) is 1. The number of pyridine rings is 1.